The van der Waals surface area contributed by atoms with Gasteiger partial charge in [0.15, 0.2) is 0 Å². The minimum atomic E-state index is -0.570. The zero-order valence-corrected chi connectivity index (χ0v) is 13.5. The van der Waals surface area contributed by atoms with Gasteiger partial charge in [-0.25, -0.2) is 0 Å². The Morgan fingerprint density at radius 3 is 1.74 bits per heavy atom. The monoisotopic (exact) mass is 262 g/mol. The van der Waals surface area contributed by atoms with Gasteiger partial charge in [0.25, 0.3) is 0 Å². The second-order valence-corrected chi connectivity index (χ2v) is 6.97. The maximum atomic E-state index is 11.1. The minimum Gasteiger partial charge on any atom is -0.390 e. The Bertz CT molecular complexity index is 374. The minimum absolute atomic E-state index is 0.521. The lowest BCUT2D eigenvalue weighted by molar-refractivity contribution is 0.000488. The molecular weight excluding hydrogens is 232 g/mol. The van der Waals surface area contributed by atoms with Crippen molar-refractivity contribution in [3.8, 4) is 0 Å². The van der Waals surface area contributed by atoms with Gasteiger partial charge in [-0.15, -0.1) is 0 Å². The van der Waals surface area contributed by atoms with E-state index in [0.29, 0.717) is 11.8 Å². The van der Waals surface area contributed by atoms with Gasteiger partial charge in [-0.1, -0.05) is 45.9 Å². The van der Waals surface area contributed by atoms with Crippen LogP contribution in [-0.2, 0) is 6.42 Å². The highest BCUT2D eigenvalue weighted by Crippen LogP contribution is 2.30. The summed E-state index contributed by atoms with van der Waals surface area (Å²) in [7, 11) is 0. The van der Waals surface area contributed by atoms with E-state index in [1.165, 1.54) is 16.7 Å². The normalized spacial score (nSPS) is 12.5. The molecule has 1 heteroatoms. The highest BCUT2D eigenvalue weighted by molar-refractivity contribution is 5.34. The van der Waals surface area contributed by atoms with E-state index in [1.807, 2.05) is 0 Å². The lowest BCUT2D eigenvalue weighted by atomic mass is 9.79. The second kappa shape index (κ2) is 6.56. The Balaban J connectivity index is 3.00. The summed E-state index contributed by atoms with van der Waals surface area (Å²) in [6, 6.07) is 6.39. The molecule has 0 atom stereocenters. The van der Waals surface area contributed by atoms with Gasteiger partial charge in [-0.05, 0) is 55.2 Å². The van der Waals surface area contributed by atoms with Gasteiger partial charge in [0.05, 0.1) is 5.60 Å². The molecule has 1 aromatic carbocycles. The van der Waals surface area contributed by atoms with Gasteiger partial charge in [-0.3, -0.25) is 0 Å². The average molecular weight is 262 g/mol. The molecule has 1 aromatic rings. The van der Waals surface area contributed by atoms with Crippen LogP contribution in [-0.4, -0.2) is 10.7 Å². The average Bonchev–Trinajstić information content (AvgIpc) is 2.21. The zero-order valence-electron chi connectivity index (χ0n) is 13.5. The SMILES string of the molecule is Cc1cccc(C)c1CC(O)(CC(C)C)CC(C)C. The van der Waals surface area contributed by atoms with Crippen molar-refractivity contribution < 1.29 is 5.11 Å². The summed E-state index contributed by atoms with van der Waals surface area (Å²) >= 11 is 0. The van der Waals surface area contributed by atoms with E-state index in [9.17, 15) is 5.11 Å². The number of aryl methyl sites for hydroxylation is 2. The molecule has 1 nitrogen and oxygen atoms in total. The number of benzene rings is 1. The topological polar surface area (TPSA) is 20.2 Å². The van der Waals surface area contributed by atoms with Crippen LogP contribution in [0.3, 0.4) is 0 Å². The van der Waals surface area contributed by atoms with Crippen LogP contribution in [0.25, 0.3) is 0 Å². The molecule has 0 radical (unpaired) electrons. The first-order chi connectivity index (χ1) is 8.73. The van der Waals surface area contributed by atoms with Crippen LogP contribution in [0.1, 0.15) is 57.2 Å². The number of aliphatic hydroxyl groups is 1. The molecule has 0 aliphatic heterocycles. The Hall–Kier alpha value is -0.820. The summed E-state index contributed by atoms with van der Waals surface area (Å²) in [4.78, 5) is 0. The van der Waals surface area contributed by atoms with Crippen molar-refractivity contribution >= 4 is 0 Å². The first-order valence-corrected chi connectivity index (χ1v) is 7.51. The first-order valence-electron chi connectivity index (χ1n) is 7.51. The molecular formula is C18H30O. The molecule has 19 heavy (non-hydrogen) atoms. The summed E-state index contributed by atoms with van der Waals surface area (Å²) < 4.78 is 0. The highest BCUT2D eigenvalue weighted by Gasteiger charge is 2.30. The van der Waals surface area contributed by atoms with E-state index in [2.05, 4.69) is 59.7 Å². The van der Waals surface area contributed by atoms with Gasteiger partial charge in [0.2, 0.25) is 0 Å². The maximum absolute atomic E-state index is 11.1. The predicted octanol–water partition coefficient (Wildman–Crippen LogP) is 4.67. The van der Waals surface area contributed by atoms with Crippen molar-refractivity contribution in [2.75, 3.05) is 0 Å². The summed E-state index contributed by atoms with van der Waals surface area (Å²) in [5.74, 6) is 1.04. The molecule has 0 spiro atoms. The Morgan fingerprint density at radius 2 is 1.37 bits per heavy atom. The van der Waals surface area contributed by atoms with Crippen LogP contribution < -0.4 is 0 Å². The van der Waals surface area contributed by atoms with Crippen molar-refractivity contribution in [1.82, 2.24) is 0 Å². The smallest absolute Gasteiger partial charge is 0.0693 e. The van der Waals surface area contributed by atoms with Gasteiger partial charge in [-0.2, -0.15) is 0 Å². The van der Waals surface area contributed by atoms with Crippen molar-refractivity contribution in [1.29, 1.82) is 0 Å². The number of hydrogen-bond acceptors (Lipinski definition) is 1. The third-order valence-corrected chi connectivity index (χ3v) is 3.73. The standard InChI is InChI=1S/C18H30O/c1-13(2)10-18(19,11-14(3)4)12-17-15(5)8-7-9-16(17)6/h7-9,13-14,19H,10-12H2,1-6H3. The molecule has 108 valence electrons. The molecule has 0 bridgehead atoms. The zero-order chi connectivity index (χ0) is 14.6. The van der Waals surface area contributed by atoms with Crippen LogP contribution in [0, 0.1) is 25.7 Å². The fourth-order valence-corrected chi connectivity index (χ4v) is 3.20. The quantitative estimate of drug-likeness (QED) is 0.790. The van der Waals surface area contributed by atoms with E-state index in [0.717, 1.165) is 19.3 Å². The summed E-state index contributed by atoms with van der Waals surface area (Å²) in [6.07, 6.45) is 2.53. The first kappa shape index (κ1) is 16.2. The van der Waals surface area contributed by atoms with Crippen LogP contribution in [0.2, 0.25) is 0 Å². The summed E-state index contributed by atoms with van der Waals surface area (Å²) in [5.41, 5.74) is 3.35. The Kier molecular flexibility index (Phi) is 5.61. The van der Waals surface area contributed by atoms with Gasteiger partial charge in [0.1, 0.15) is 0 Å². The van der Waals surface area contributed by atoms with Crippen molar-refractivity contribution in [2.45, 2.75) is 66.4 Å². The van der Waals surface area contributed by atoms with Crippen LogP contribution in [0.4, 0.5) is 0 Å². The van der Waals surface area contributed by atoms with Crippen molar-refractivity contribution in [3.05, 3.63) is 34.9 Å². The van der Waals surface area contributed by atoms with E-state index in [-0.39, 0.29) is 0 Å². The van der Waals surface area contributed by atoms with Crippen LogP contribution >= 0.6 is 0 Å². The molecule has 0 unspecified atom stereocenters. The van der Waals surface area contributed by atoms with Crippen LogP contribution in [0.15, 0.2) is 18.2 Å². The highest BCUT2D eigenvalue weighted by atomic mass is 16.3. The largest absolute Gasteiger partial charge is 0.390 e. The summed E-state index contributed by atoms with van der Waals surface area (Å²) in [6.45, 7) is 13.1. The molecule has 1 rings (SSSR count). The lowest BCUT2D eigenvalue weighted by Gasteiger charge is -2.33. The molecule has 0 fully saturated rings. The number of hydrogen-bond donors (Lipinski definition) is 1. The van der Waals surface area contributed by atoms with Gasteiger partial charge < -0.3 is 5.11 Å². The van der Waals surface area contributed by atoms with Crippen molar-refractivity contribution in [2.24, 2.45) is 11.8 Å². The van der Waals surface area contributed by atoms with E-state index in [4.69, 9.17) is 0 Å². The van der Waals surface area contributed by atoms with E-state index >= 15 is 0 Å². The fourth-order valence-electron chi connectivity index (χ4n) is 3.20. The Morgan fingerprint density at radius 1 is 0.947 bits per heavy atom. The molecule has 0 aromatic heterocycles. The Labute approximate surface area is 119 Å². The number of rotatable bonds is 6. The molecule has 0 saturated heterocycles. The lowest BCUT2D eigenvalue weighted by Crippen LogP contribution is -2.35. The van der Waals surface area contributed by atoms with Crippen molar-refractivity contribution in [3.63, 3.8) is 0 Å². The molecule has 0 aliphatic carbocycles. The predicted molar refractivity (Wildman–Crippen MR) is 83.5 cm³/mol. The fraction of sp³-hybridized carbons (Fsp3) is 0.667. The van der Waals surface area contributed by atoms with Crippen LogP contribution in [0.5, 0.6) is 0 Å². The van der Waals surface area contributed by atoms with E-state index in [1.54, 1.807) is 0 Å². The second-order valence-electron chi connectivity index (χ2n) is 6.97. The molecule has 0 heterocycles. The molecule has 0 amide bonds. The third kappa shape index (κ3) is 4.99. The maximum Gasteiger partial charge on any atom is 0.0693 e. The molecule has 1 N–H and O–H groups in total. The summed E-state index contributed by atoms with van der Waals surface area (Å²) in [5, 5.41) is 11.1. The van der Waals surface area contributed by atoms with E-state index < -0.39 is 5.60 Å². The molecule has 0 saturated carbocycles. The van der Waals surface area contributed by atoms with Gasteiger partial charge >= 0.3 is 0 Å². The van der Waals surface area contributed by atoms with Gasteiger partial charge in [0, 0.05) is 6.42 Å². The molecule has 0 aliphatic rings. The third-order valence-electron chi connectivity index (χ3n) is 3.73.